The molecule has 9 nitrogen and oxygen atoms in total. The van der Waals surface area contributed by atoms with Crippen molar-refractivity contribution >= 4 is 17.1 Å². The van der Waals surface area contributed by atoms with Crippen molar-refractivity contribution < 1.29 is 41.1 Å². The second-order valence-corrected chi connectivity index (χ2v) is 10.4. The van der Waals surface area contributed by atoms with E-state index in [4.69, 9.17) is 9.47 Å². The minimum atomic E-state index is -5.10. The van der Waals surface area contributed by atoms with E-state index in [0.29, 0.717) is 24.4 Å². The summed E-state index contributed by atoms with van der Waals surface area (Å²) in [4.78, 5) is 15.5. The second-order valence-electron chi connectivity index (χ2n) is 10.4. The lowest BCUT2D eigenvalue weighted by Gasteiger charge is -2.25. The van der Waals surface area contributed by atoms with Gasteiger partial charge < -0.3 is 24.2 Å². The number of hydrogen-bond acceptors (Lipinski definition) is 8. The second kappa shape index (κ2) is 14.4. The van der Waals surface area contributed by atoms with Gasteiger partial charge in [-0.3, -0.25) is 0 Å². The lowest BCUT2D eigenvalue weighted by molar-refractivity contribution is -0.237. The van der Waals surface area contributed by atoms with Gasteiger partial charge in [-0.2, -0.15) is 13.2 Å². The molecule has 0 fully saturated rings. The molecule has 0 amide bonds. The van der Waals surface area contributed by atoms with Crippen LogP contribution < -0.4 is 5.32 Å². The van der Waals surface area contributed by atoms with Crippen LogP contribution in [0.2, 0.25) is 0 Å². The van der Waals surface area contributed by atoms with E-state index in [1.807, 2.05) is 12.1 Å². The zero-order chi connectivity index (χ0) is 32.0. The van der Waals surface area contributed by atoms with Crippen LogP contribution in [-0.2, 0) is 25.7 Å². The standard InChI is InChI=1S/C31H32F5N5O4/c1-43-16-17-44-15-14-41-28(24-4-2-22(18-26(24)32)20-6-10-37-11-7-20)38-39-29(41)25-5-3-23(19-27(25)33)21-8-12-40(13-9-21)45-30(42)31(34,35)36/h2-6,8,18-19,37H,7,9-17H2,1H3. The van der Waals surface area contributed by atoms with E-state index in [1.165, 1.54) is 18.2 Å². The Morgan fingerprint density at radius 2 is 1.56 bits per heavy atom. The van der Waals surface area contributed by atoms with Crippen LogP contribution in [0.25, 0.3) is 33.9 Å². The third kappa shape index (κ3) is 7.82. The molecule has 0 atom stereocenters. The molecule has 0 unspecified atom stereocenters. The van der Waals surface area contributed by atoms with Gasteiger partial charge in [-0.25, -0.2) is 13.6 Å². The molecule has 14 heteroatoms. The van der Waals surface area contributed by atoms with Gasteiger partial charge in [0.25, 0.3) is 0 Å². The van der Waals surface area contributed by atoms with Crippen molar-refractivity contribution in [2.45, 2.75) is 25.6 Å². The van der Waals surface area contributed by atoms with Crippen molar-refractivity contribution in [3.05, 3.63) is 71.3 Å². The van der Waals surface area contributed by atoms with Gasteiger partial charge in [-0.15, -0.1) is 15.3 Å². The van der Waals surface area contributed by atoms with Gasteiger partial charge in [-0.1, -0.05) is 24.3 Å². The lowest BCUT2D eigenvalue weighted by Crippen LogP contribution is -2.37. The van der Waals surface area contributed by atoms with E-state index >= 15 is 8.78 Å². The third-order valence-electron chi connectivity index (χ3n) is 7.48. The average Bonchev–Trinajstić information content (AvgIpc) is 3.44. The minimum absolute atomic E-state index is 0.0102. The number of alkyl halides is 3. The first-order valence-electron chi connectivity index (χ1n) is 14.4. The number of carbonyl (C=O) groups is 1. The monoisotopic (exact) mass is 633 g/mol. The summed E-state index contributed by atoms with van der Waals surface area (Å²) < 4.78 is 81.0. The molecule has 2 aliphatic heterocycles. The number of nitrogens with one attached hydrogen (secondary N) is 1. The SMILES string of the molecule is COCCOCCn1c(-c2ccc(C3=CCNCC3)cc2F)nnc1-c1ccc(C2=CCN(OC(=O)C(F)(F)F)CC2)cc1F. The van der Waals surface area contributed by atoms with Crippen LogP contribution in [0.4, 0.5) is 22.0 Å². The summed E-state index contributed by atoms with van der Waals surface area (Å²) >= 11 is 0. The molecule has 2 aliphatic rings. The summed E-state index contributed by atoms with van der Waals surface area (Å²) in [7, 11) is 1.56. The molecule has 3 aromatic rings. The predicted octanol–water partition coefficient (Wildman–Crippen LogP) is 5.04. The summed E-state index contributed by atoms with van der Waals surface area (Å²) in [5.74, 6) is -3.00. The fraction of sp³-hybridized carbons (Fsp3) is 0.387. The van der Waals surface area contributed by atoms with E-state index in [2.05, 4.69) is 20.4 Å². The van der Waals surface area contributed by atoms with Gasteiger partial charge in [0.15, 0.2) is 11.6 Å². The fourth-order valence-corrected chi connectivity index (χ4v) is 5.16. The van der Waals surface area contributed by atoms with Gasteiger partial charge >= 0.3 is 12.1 Å². The van der Waals surface area contributed by atoms with Gasteiger partial charge in [0, 0.05) is 26.7 Å². The van der Waals surface area contributed by atoms with Crippen LogP contribution in [-0.4, -0.2) is 85.1 Å². The average molecular weight is 634 g/mol. The van der Waals surface area contributed by atoms with Crippen LogP contribution in [0.5, 0.6) is 0 Å². The number of aromatic nitrogens is 3. The molecular weight excluding hydrogens is 601 g/mol. The molecule has 0 radical (unpaired) electrons. The Morgan fingerprint density at radius 3 is 2.07 bits per heavy atom. The molecule has 0 saturated heterocycles. The number of halogens is 5. The summed E-state index contributed by atoms with van der Waals surface area (Å²) in [6.07, 6.45) is -0.477. The van der Waals surface area contributed by atoms with E-state index in [1.54, 1.807) is 29.9 Å². The molecule has 0 saturated carbocycles. The van der Waals surface area contributed by atoms with Crippen molar-refractivity contribution in [1.29, 1.82) is 0 Å². The molecule has 2 aromatic carbocycles. The van der Waals surface area contributed by atoms with Crippen molar-refractivity contribution in [2.75, 3.05) is 53.1 Å². The number of methoxy groups -OCH3 is 1. The highest BCUT2D eigenvalue weighted by Gasteiger charge is 2.42. The normalized spacial score (nSPS) is 16.0. The lowest BCUT2D eigenvalue weighted by atomic mass is 9.98. The Balaban J connectivity index is 1.40. The van der Waals surface area contributed by atoms with E-state index < -0.39 is 23.8 Å². The first-order valence-corrected chi connectivity index (χ1v) is 14.4. The van der Waals surface area contributed by atoms with Gasteiger partial charge in [-0.05, 0) is 65.9 Å². The van der Waals surface area contributed by atoms with Gasteiger partial charge in [0.2, 0.25) is 0 Å². The van der Waals surface area contributed by atoms with Crippen molar-refractivity contribution in [2.24, 2.45) is 0 Å². The maximum Gasteiger partial charge on any atom is 0.492 e. The minimum Gasteiger partial charge on any atom is -0.382 e. The number of nitrogens with zero attached hydrogens (tertiary/aromatic N) is 4. The van der Waals surface area contributed by atoms with Crippen LogP contribution >= 0.6 is 0 Å². The summed E-state index contributed by atoms with van der Waals surface area (Å²) in [5, 5.41) is 12.6. The highest BCUT2D eigenvalue weighted by molar-refractivity contribution is 5.76. The molecule has 0 spiro atoms. The van der Waals surface area contributed by atoms with Gasteiger partial charge in [0.05, 0.1) is 37.5 Å². The third-order valence-corrected chi connectivity index (χ3v) is 7.48. The maximum absolute atomic E-state index is 15.6. The first kappa shape index (κ1) is 32.4. The number of carbonyl (C=O) groups excluding carboxylic acids is 1. The highest BCUT2D eigenvalue weighted by Crippen LogP contribution is 2.32. The molecular formula is C31H32F5N5O4. The summed E-state index contributed by atoms with van der Waals surface area (Å²) in [5.41, 5.74) is 3.37. The summed E-state index contributed by atoms with van der Waals surface area (Å²) in [6.45, 7) is 2.60. The summed E-state index contributed by atoms with van der Waals surface area (Å²) in [6, 6.07) is 9.45. The molecule has 1 N–H and O–H groups in total. The van der Waals surface area contributed by atoms with Crippen LogP contribution in [0.1, 0.15) is 24.0 Å². The number of benzene rings is 2. The molecule has 0 aliphatic carbocycles. The Hall–Kier alpha value is -3.98. The number of hydroxylamine groups is 2. The van der Waals surface area contributed by atoms with Crippen LogP contribution in [0.15, 0.2) is 48.6 Å². The number of ether oxygens (including phenoxy) is 2. The molecule has 3 heterocycles. The Bertz CT molecular complexity index is 1590. The fourth-order valence-electron chi connectivity index (χ4n) is 5.16. The van der Waals surface area contributed by atoms with Gasteiger partial charge in [0.1, 0.15) is 11.6 Å². The molecule has 45 heavy (non-hydrogen) atoms. The number of hydrogen-bond donors (Lipinski definition) is 1. The predicted molar refractivity (Wildman–Crippen MR) is 155 cm³/mol. The molecule has 0 bridgehead atoms. The topological polar surface area (TPSA) is 90.7 Å². The van der Waals surface area contributed by atoms with E-state index in [-0.39, 0.29) is 55.4 Å². The van der Waals surface area contributed by atoms with Crippen molar-refractivity contribution in [1.82, 2.24) is 25.1 Å². The Labute approximate surface area is 256 Å². The van der Waals surface area contributed by atoms with Crippen LogP contribution in [0.3, 0.4) is 0 Å². The van der Waals surface area contributed by atoms with Crippen LogP contribution in [0, 0.1) is 11.6 Å². The highest BCUT2D eigenvalue weighted by atomic mass is 19.4. The van der Waals surface area contributed by atoms with Crippen molar-refractivity contribution in [3.63, 3.8) is 0 Å². The molecule has 240 valence electrons. The molecule has 1 aromatic heterocycles. The molecule has 5 rings (SSSR count). The quantitative estimate of drug-likeness (QED) is 0.232. The van der Waals surface area contributed by atoms with E-state index in [9.17, 15) is 18.0 Å². The smallest absolute Gasteiger partial charge is 0.382 e. The van der Waals surface area contributed by atoms with E-state index in [0.717, 1.165) is 35.7 Å². The Kier molecular flexibility index (Phi) is 10.4. The zero-order valence-corrected chi connectivity index (χ0v) is 24.5. The zero-order valence-electron chi connectivity index (χ0n) is 24.5. The first-order chi connectivity index (χ1) is 21.7. The Morgan fingerprint density at radius 1 is 0.911 bits per heavy atom. The number of rotatable bonds is 11. The maximum atomic E-state index is 15.6. The largest absolute Gasteiger partial charge is 0.492 e. The van der Waals surface area contributed by atoms with Crippen molar-refractivity contribution in [3.8, 4) is 22.8 Å².